The fourth-order valence-corrected chi connectivity index (χ4v) is 1.32. The molecule has 0 bridgehead atoms. The van der Waals surface area contributed by atoms with Crippen molar-refractivity contribution in [1.82, 2.24) is 4.98 Å². The van der Waals surface area contributed by atoms with E-state index < -0.39 is 15.0 Å². The van der Waals surface area contributed by atoms with Crippen molar-refractivity contribution in [2.45, 2.75) is 6.92 Å². The lowest BCUT2D eigenvalue weighted by Crippen LogP contribution is -2.07. The summed E-state index contributed by atoms with van der Waals surface area (Å²) < 4.78 is 25.9. The molecule has 0 aliphatic heterocycles. The first kappa shape index (κ1) is 11.4. The highest BCUT2D eigenvalue weighted by molar-refractivity contribution is 7.86. The fourth-order valence-electron chi connectivity index (χ4n) is 0.915. The summed E-state index contributed by atoms with van der Waals surface area (Å²) in [7, 11) is -3.66. The first-order chi connectivity index (χ1) is 6.79. The number of rotatable bonds is 3. The molecule has 0 saturated heterocycles. The lowest BCUT2D eigenvalue weighted by Gasteiger charge is -2.02. The average Bonchev–Trinajstić information content (AvgIpc) is 1.99. The molecule has 0 atom stereocenters. The molecule has 0 aliphatic carbocycles. The van der Waals surface area contributed by atoms with Crippen molar-refractivity contribution >= 4 is 15.8 Å². The largest absolute Gasteiger partial charge is 0.362 e. The van der Waals surface area contributed by atoms with Crippen molar-refractivity contribution in [3.8, 4) is 5.88 Å². The van der Waals surface area contributed by atoms with Crippen molar-refractivity contribution in [2.75, 3.05) is 6.26 Å². The van der Waals surface area contributed by atoms with Gasteiger partial charge < -0.3 is 4.18 Å². The molecule has 0 aliphatic rings. The van der Waals surface area contributed by atoms with Crippen LogP contribution in [0.15, 0.2) is 12.3 Å². The van der Waals surface area contributed by atoms with E-state index in [1.165, 1.54) is 13.0 Å². The molecule has 15 heavy (non-hydrogen) atoms. The van der Waals surface area contributed by atoms with E-state index in [0.29, 0.717) is 0 Å². The third-order valence-corrected chi connectivity index (χ3v) is 1.97. The van der Waals surface area contributed by atoms with E-state index in [4.69, 9.17) is 0 Å². The van der Waals surface area contributed by atoms with Crippen LogP contribution in [-0.4, -0.2) is 24.6 Å². The van der Waals surface area contributed by atoms with Crippen LogP contribution in [0.3, 0.4) is 0 Å². The molecular formula is C7H8N2O5S. The van der Waals surface area contributed by atoms with E-state index in [0.717, 1.165) is 12.5 Å². The summed E-state index contributed by atoms with van der Waals surface area (Å²) in [5, 5.41) is 10.4. The summed E-state index contributed by atoms with van der Waals surface area (Å²) >= 11 is 0. The summed E-state index contributed by atoms with van der Waals surface area (Å²) in [5.74, 6) is -0.180. The van der Waals surface area contributed by atoms with Crippen LogP contribution < -0.4 is 4.18 Å². The fraction of sp³-hybridized carbons (Fsp3) is 0.286. The first-order valence-electron chi connectivity index (χ1n) is 3.80. The molecule has 8 heteroatoms. The first-order valence-corrected chi connectivity index (χ1v) is 5.62. The minimum absolute atomic E-state index is 0.180. The van der Waals surface area contributed by atoms with Gasteiger partial charge in [0.15, 0.2) is 0 Å². The smallest absolute Gasteiger partial charge is 0.307 e. The van der Waals surface area contributed by atoms with E-state index in [9.17, 15) is 18.5 Å². The van der Waals surface area contributed by atoms with Crippen molar-refractivity contribution in [2.24, 2.45) is 0 Å². The van der Waals surface area contributed by atoms with Gasteiger partial charge in [-0.1, -0.05) is 0 Å². The summed E-state index contributed by atoms with van der Waals surface area (Å²) in [5.41, 5.74) is 0.101. The van der Waals surface area contributed by atoms with Gasteiger partial charge in [0.2, 0.25) is 5.88 Å². The molecule has 0 amide bonds. The predicted octanol–water partition coefficient (Wildman–Crippen LogP) is 0.637. The van der Waals surface area contributed by atoms with Crippen LogP contribution in [0.2, 0.25) is 0 Å². The zero-order valence-corrected chi connectivity index (χ0v) is 8.82. The SMILES string of the molecule is Cc1cc(OS(C)(=O)=O)ncc1[N+](=O)[O-]. The van der Waals surface area contributed by atoms with Crippen LogP contribution in [0.4, 0.5) is 5.69 Å². The van der Waals surface area contributed by atoms with Gasteiger partial charge in [0.25, 0.3) is 5.69 Å². The summed E-state index contributed by atoms with van der Waals surface area (Å²) in [6, 6.07) is 1.19. The molecule has 82 valence electrons. The van der Waals surface area contributed by atoms with Crippen molar-refractivity contribution in [3.05, 3.63) is 27.9 Å². The van der Waals surface area contributed by atoms with E-state index in [-0.39, 0.29) is 17.1 Å². The molecule has 0 spiro atoms. The third-order valence-electron chi connectivity index (χ3n) is 1.49. The van der Waals surface area contributed by atoms with E-state index in [1.807, 2.05) is 0 Å². The Morgan fingerprint density at radius 2 is 2.13 bits per heavy atom. The van der Waals surface area contributed by atoms with Crippen LogP contribution in [0.1, 0.15) is 5.56 Å². The maximum Gasteiger partial charge on any atom is 0.307 e. The van der Waals surface area contributed by atoms with Crippen molar-refractivity contribution in [3.63, 3.8) is 0 Å². The number of aryl methyl sites for hydroxylation is 1. The number of aromatic nitrogens is 1. The topological polar surface area (TPSA) is 99.4 Å². The molecule has 1 aromatic rings. The molecule has 1 heterocycles. The Kier molecular flexibility index (Phi) is 2.89. The summed E-state index contributed by atoms with van der Waals surface area (Å²) in [4.78, 5) is 13.3. The van der Waals surface area contributed by atoms with Gasteiger partial charge in [0, 0.05) is 11.6 Å². The van der Waals surface area contributed by atoms with Gasteiger partial charge in [0.1, 0.15) is 6.20 Å². The molecule has 0 saturated carbocycles. The molecule has 1 rings (SSSR count). The van der Waals surface area contributed by atoms with Gasteiger partial charge in [-0.2, -0.15) is 8.42 Å². The van der Waals surface area contributed by atoms with Crippen molar-refractivity contribution in [1.29, 1.82) is 0 Å². The van der Waals surface area contributed by atoms with Gasteiger partial charge in [-0.3, -0.25) is 10.1 Å². The van der Waals surface area contributed by atoms with E-state index in [2.05, 4.69) is 9.17 Å². The minimum atomic E-state index is -3.66. The number of hydrogen-bond donors (Lipinski definition) is 0. The predicted molar refractivity (Wildman–Crippen MR) is 51.1 cm³/mol. The lowest BCUT2D eigenvalue weighted by molar-refractivity contribution is -0.385. The maximum absolute atomic E-state index is 10.7. The van der Waals surface area contributed by atoms with Gasteiger partial charge >= 0.3 is 10.1 Å². The number of nitrogens with zero attached hydrogens (tertiary/aromatic N) is 2. The van der Waals surface area contributed by atoms with Gasteiger partial charge in [-0.15, -0.1) is 0 Å². The molecule has 0 aromatic carbocycles. The number of hydrogen-bond acceptors (Lipinski definition) is 6. The molecule has 1 aromatic heterocycles. The zero-order chi connectivity index (χ0) is 11.6. The van der Waals surface area contributed by atoms with E-state index in [1.54, 1.807) is 0 Å². The van der Waals surface area contributed by atoms with Crippen LogP contribution in [0.25, 0.3) is 0 Å². The molecule has 0 radical (unpaired) electrons. The Morgan fingerprint density at radius 1 is 1.53 bits per heavy atom. The Hall–Kier alpha value is -1.70. The second-order valence-electron chi connectivity index (χ2n) is 2.85. The zero-order valence-electron chi connectivity index (χ0n) is 8.00. The van der Waals surface area contributed by atoms with Gasteiger partial charge in [-0.05, 0) is 6.92 Å². The standard InChI is InChI=1S/C7H8N2O5S/c1-5-3-7(14-15(2,12)13)8-4-6(5)9(10)11/h3-4H,1-2H3. The van der Waals surface area contributed by atoms with Crippen LogP contribution in [0.5, 0.6) is 5.88 Å². The highest BCUT2D eigenvalue weighted by atomic mass is 32.2. The van der Waals surface area contributed by atoms with Gasteiger partial charge in [-0.25, -0.2) is 4.98 Å². The van der Waals surface area contributed by atoms with Crippen LogP contribution >= 0.6 is 0 Å². The highest BCUT2D eigenvalue weighted by Gasteiger charge is 2.14. The summed E-state index contributed by atoms with van der Waals surface area (Å²) in [6.07, 6.45) is 1.82. The molecule has 0 N–H and O–H groups in total. The Balaban J connectivity index is 3.07. The molecule has 0 fully saturated rings. The third kappa shape index (κ3) is 3.17. The Bertz CT molecular complexity index is 496. The second kappa shape index (κ2) is 3.81. The normalized spacial score (nSPS) is 11.1. The molecule has 0 unspecified atom stereocenters. The maximum atomic E-state index is 10.7. The minimum Gasteiger partial charge on any atom is -0.362 e. The van der Waals surface area contributed by atoms with Gasteiger partial charge in [0.05, 0.1) is 11.2 Å². The van der Waals surface area contributed by atoms with Crippen LogP contribution in [0, 0.1) is 17.0 Å². The molecule has 7 nitrogen and oxygen atoms in total. The summed E-state index contributed by atoms with van der Waals surface area (Å²) in [6.45, 7) is 1.47. The number of nitro groups is 1. The monoisotopic (exact) mass is 232 g/mol. The van der Waals surface area contributed by atoms with E-state index >= 15 is 0 Å². The highest BCUT2D eigenvalue weighted by Crippen LogP contribution is 2.20. The Labute approximate surface area is 86.0 Å². The quantitative estimate of drug-likeness (QED) is 0.430. The second-order valence-corrected chi connectivity index (χ2v) is 4.43. The number of pyridine rings is 1. The average molecular weight is 232 g/mol. The van der Waals surface area contributed by atoms with Crippen molar-refractivity contribution < 1.29 is 17.5 Å². The van der Waals surface area contributed by atoms with Crippen LogP contribution in [-0.2, 0) is 10.1 Å². The Morgan fingerprint density at radius 3 is 2.53 bits per heavy atom. The lowest BCUT2D eigenvalue weighted by atomic mass is 10.2. The molecular weight excluding hydrogens is 224 g/mol.